The first kappa shape index (κ1) is 18.4. The van der Waals surface area contributed by atoms with E-state index in [1.807, 2.05) is 11.8 Å². The van der Waals surface area contributed by atoms with E-state index in [0.717, 1.165) is 0 Å². The van der Waals surface area contributed by atoms with Crippen LogP contribution >= 0.6 is 0 Å². The van der Waals surface area contributed by atoms with Gasteiger partial charge in [0.15, 0.2) is 0 Å². The molecule has 0 aliphatic carbocycles. The fraction of sp³-hybridized carbons (Fsp3) is 0.429. The van der Waals surface area contributed by atoms with Crippen LogP contribution in [-0.4, -0.2) is 53.5 Å². The number of rotatable bonds is 4. The van der Waals surface area contributed by atoms with Crippen molar-refractivity contribution in [3.05, 3.63) is 69.6 Å². The minimum absolute atomic E-state index is 0.0631. The van der Waals surface area contributed by atoms with Crippen molar-refractivity contribution in [2.75, 3.05) is 27.2 Å². The van der Waals surface area contributed by atoms with Gasteiger partial charge >= 0.3 is 0 Å². The minimum Gasteiger partial charge on any atom is -0.336 e. The van der Waals surface area contributed by atoms with Crippen LogP contribution in [0.15, 0.2) is 47.4 Å². The van der Waals surface area contributed by atoms with Crippen molar-refractivity contribution >= 4 is 5.91 Å². The highest BCUT2D eigenvalue weighted by atomic mass is 16.2. The lowest BCUT2D eigenvalue weighted by molar-refractivity contribution is 0.0782. The van der Waals surface area contributed by atoms with Crippen LogP contribution in [-0.2, 0) is 6.54 Å². The number of likely N-dealkylation sites (tertiary alicyclic amines) is 1. The molecular formula is C21H27N3O2. The third-order valence-electron chi connectivity index (χ3n) is 5.33. The molecular weight excluding hydrogens is 326 g/mol. The highest BCUT2D eigenvalue weighted by molar-refractivity contribution is 5.94. The van der Waals surface area contributed by atoms with Crippen LogP contribution in [0.4, 0.5) is 0 Å². The van der Waals surface area contributed by atoms with Crippen LogP contribution in [0.1, 0.15) is 34.3 Å². The molecule has 0 N–H and O–H groups in total. The molecule has 0 unspecified atom stereocenters. The Bertz CT molecular complexity index is 839. The zero-order chi connectivity index (χ0) is 18.8. The van der Waals surface area contributed by atoms with Crippen LogP contribution in [0.3, 0.4) is 0 Å². The summed E-state index contributed by atoms with van der Waals surface area (Å²) in [7, 11) is 4.12. The molecule has 1 aromatic heterocycles. The Kier molecular flexibility index (Phi) is 5.28. The van der Waals surface area contributed by atoms with Crippen LogP contribution in [0.2, 0.25) is 0 Å². The van der Waals surface area contributed by atoms with Crippen LogP contribution in [0.25, 0.3) is 0 Å². The van der Waals surface area contributed by atoms with Gasteiger partial charge in [-0.05, 0) is 39.6 Å². The summed E-state index contributed by atoms with van der Waals surface area (Å²) in [5.74, 6) is 0.206. The molecule has 0 saturated carbocycles. The number of benzene rings is 1. The van der Waals surface area contributed by atoms with Gasteiger partial charge in [-0.1, -0.05) is 29.8 Å². The summed E-state index contributed by atoms with van der Waals surface area (Å²) < 4.78 is 1.60. The Morgan fingerprint density at radius 2 is 1.85 bits per heavy atom. The molecule has 0 spiro atoms. The summed E-state index contributed by atoms with van der Waals surface area (Å²) >= 11 is 0. The van der Waals surface area contributed by atoms with E-state index < -0.39 is 0 Å². The lowest BCUT2D eigenvalue weighted by Crippen LogP contribution is -2.36. The number of amides is 1. The molecule has 5 heteroatoms. The number of likely N-dealkylation sites (N-methyl/N-ethyl adjacent to an activating group) is 1. The fourth-order valence-electron chi connectivity index (χ4n) is 3.70. The molecule has 2 aromatic rings. The lowest BCUT2D eigenvalue weighted by atomic mass is 9.93. The Labute approximate surface area is 154 Å². The maximum Gasteiger partial charge on any atom is 0.254 e. The number of nitrogens with zero attached hydrogens (tertiary/aromatic N) is 3. The number of pyridine rings is 1. The van der Waals surface area contributed by atoms with Crippen molar-refractivity contribution in [1.29, 1.82) is 0 Å². The van der Waals surface area contributed by atoms with E-state index >= 15 is 0 Å². The predicted molar refractivity (Wildman–Crippen MR) is 104 cm³/mol. The molecule has 1 aliphatic heterocycles. The monoisotopic (exact) mass is 353 g/mol. The molecule has 1 saturated heterocycles. The average molecular weight is 353 g/mol. The van der Waals surface area contributed by atoms with Gasteiger partial charge in [0.1, 0.15) is 0 Å². The number of aromatic nitrogens is 1. The lowest BCUT2D eigenvalue weighted by Gasteiger charge is -2.25. The quantitative estimate of drug-likeness (QED) is 0.848. The molecule has 5 nitrogen and oxygen atoms in total. The molecule has 26 heavy (non-hydrogen) atoms. The van der Waals surface area contributed by atoms with Gasteiger partial charge in [-0.2, -0.15) is 0 Å². The molecule has 1 aromatic carbocycles. The number of hydrogen-bond donors (Lipinski definition) is 0. The van der Waals surface area contributed by atoms with E-state index in [1.54, 1.807) is 16.8 Å². The van der Waals surface area contributed by atoms with Crippen molar-refractivity contribution in [3.63, 3.8) is 0 Å². The first-order valence-corrected chi connectivity index (χ1v) is 9.13. The zero-order valence-corrected chi connectivity index (χ0v) is 16.0. The SMILES string of the molecule is CCn1ccc(C(=O)N2C[C@@H](N(C)C)[C@H](c3ccc(C)cc3)C2)cc1=O. The third kappa shape index (κ3) is 3.58. The molecule has 0 bridgehead atoms. The Balaban J connectivity index is 1.85. The van der Waals surface area contributed by atoms with Gasteiger partial charge in [0.2, 0.25) is 0 Å². The number of hydrogen-bond acceptors (Lipinski definition) is 3. The first-order chi connectivity index (χ1) is 12.4. The van der Waals surface area contributed by atoms with Gasteiger partial charge in [0.25, 0.3) is 11.5 Å². The van der Waals surface area contributed by atoms with E-state index in [-0.39, 0.29) is 23.4 Å². The van der Waals surface area contributed by atoms with Gasteiger partial charge in [-0.3, -0.25) is 9.59 Å². The first-order valence-electron chi connectivity index (χ1n) is 9.13. The summed E-state index contributed by atoms with van der Waals surface area (Å²) in [6.07, 6.45) is 1.70. The molecule has 138 valence electrons. The van der Waals surface area contributed by atoms with Crippen molar-refractivity contribution in [3.8, 4) is 0 Å². The van der Waals surface area contributed by atoms with Gasteiger partial charge in [-0.25, -0.2) is 0 Å². The number of carbonyl (C=O) groups is 1. The number of carbonyl (C=O) groups excluding carboxylic acids is 1. The van der Waals surface area contributed by atoms with Crippen molar-refractivity contribution < 1.29 is 4.79 Å². The summed E-state index contributed by atoms with van der Waals surface area (Å²) in [6, 6.07) is 12.0. The van der Waals surface area contributed by atoms with Crippen LogP contribution in [0, 0.1) is 6.92 Å². The smallest absolute Gasteiger partial charge is 0.254 e. The minimum atomic E-state index is -0.128. The topological polar surface area (TPSA) is 45.6 Å². The molecule has 2 heterocycles. The average Bonchev–Trinajstić information content (AvgIpc) is 3.07. The van der Waals surface area contributed by atoms with E-state index in [4.69, 9.17) is 0 Å². The third-order valence-corrected chi connectivity index (χ3v) is 5.33. The van der Waals surface area contributed by atoms with Crippen LogP contribution in [0.5, 0.6) is 0 Å². The van der Waals surface area contributed by atoms with Crippen molar-refractivity contribution in [2.24, 2.45) is 0 Å². The molecule has 1 aliphatic rings. The summed E-state index contributed by atoms with van der Waals surface area (Å²) in [6.45, 7) is 5.94. The van der Waals surface area contributed by atoms with Gasteiger partial charge in [0, 0.05) is 49.4 Å². The number of aryl methyl sites for hydroxylation is 2. The zero-order valence-electron chi connectivity index (χ0n) is 16.0. The Morgan fingerprint density at radius 1 is 1.15 bits per heavy atom. The standard InChI is InChI=1S/C21H27N3O2/c1-5-23-11-10-17(12-20(23)25)21(26)24-13-18(19(14-24)22(3)4)16-8-6-15(2)7-9-16/h6-12,18-19H,5,13-14H2,1-4H3/t18-,19+/m0/s1. The summed E-state index contributed by atoms with van der Waals surface area (Å²) in [5.41, 5.74) is 2.84. The molecule has 3 rings (SSSR count). The Morgan fingerprint density at radius 3 is 2.42 bits per heavy atom. The predicted octanol–water partition coefficient (Wildman–Crippen LogP) is 2.35. The van der Waals surface area contributed by atoms with Crippen molar-refractivity contribution in [1.82, 2.24) is 14.4 Å². The maximum atomic E-state index is 13.0. The van der Waals surface area contributed by atoms with Gasteiger partial charge in [-0.15, -0.1) is 0 Å². The second kappa shape index (κ2) is 7.46. The maximum absolute atomic E-state index is 13.0. The summed E-state index contributed by atoms with van der Waals surface area (Å²) in [4.78, 5) is 29.1. The highest BCUT2D eigenvalue weighted by Gasteiger charge is 2.37. The van der Waals surface area contributed by atoms with Crippen LogP contribution < -0.4 is 5.56 Å². The van der Waals surface area contributed by atoms with E-state index in [0.29, 0.717) is 25.2 Å². The molecule has 1 fully saturated rings. The second-order valence-corrected chi connectivity index (χ2v) is 7.30. The van der Waals surface area contributed by atoms with Crippen molar-refractivity contribution in [2.45, 2.75) is 32.4 Å². The van der Waals surface area contributed by atoms with Gasteiger partial charge < -0.3 is 14.4 Å². The normalized spacial score (nSPS) is 20.0. The van der Waals surface area contributed by atoms with E-state index in [1.165, 1.54) is 17.2 Å². The summed E-state index contributed by atoms with van der Waals surface area (Å²) in [5, 5.41) is 0. The molecule has 2 atom stereocenters. The Hall–Kier alpha value is -2.40. The van der Waals surface area contributed by atoms with E-state index in [9.17, 15) is 9.59 Å². The van der Waals surface area contributed by atoms with Gasteiger partial charge in [0.05, 0.1) is 0 Å². The largest absolute Gasteiger partial charge is 0.336 e. The second-order valence-electron chi connectivity index (χ2n) is 7.30. The molecule has 0 radical (unpaired) electrons. The highest BCUT2D eigenvalue weighted by Crippen LogP contribution is 2.31. The molecule has 1 amide bonds. The van der Waals surface area contributed by atoms with E-state index in [2.05, 4.69) is 50.2 Å². The fourth-order valence-corrected chi connectivity index (χ4v) is 3.70.